The Labute approximate surface area is 139 Å². The highest BCUT2D eigenvalue weighted by Crippen LogP contribution is 2.30. The number of para-hydroxylation sites is 1. The monoisotopic (exact) mass is 328 g/mol. The summed E-state index contributed by atoms with van der Waals surface area (Å²) in [6, 6.07) is 14.9. The third-order valence-corrected chi connectivity index (χ3v) is 4.84. The third-order valence-electron chi connectivity index (χ3n) is 3.72. The van der Waals surface area contributed by atoms with Crippen molar-refractivity contribution in [2.45, 2.75) is 20.4 Å². The van der Waals surface area contributed by atoms with Crippen molar-refractivity contribution in [3.05, 3.63) is 69.1 Å². The number of aryl methyl sites for hydroxylation is 2. The number of nitrogens with one attached hydrogen (secondary N) is 1. The summed E-state index contributed by atoms with van der Waals surface area (Å²) in [5.74, 6) is 0. The van der Waals surface area contributed by atoms with Gasteiger partial charge in [-0.1, -0.05) is 48.0 Å². The molecule has 0 fully saturated rings. The normalized spacial score (nSPS) is 10.7. The molecule has 0 spiro atoms. The van der Waals surface area contributed by atoms with Crippen molar-refractivity contribution >= 4 is 28.6 Å². The lowest BCUT2D eigenvalue weighted by molar-refractivity contribution is 1.17. The molecule has 0 aliphatic rings. The fourth-order valence-electron chi connectivity index (χ4n) is 2.35. The first-order valence-corrected chi connectivity index (χ1v) is 8.33. The summed E-state index contributed by atoms with van der Waals surface area (Å²) in [5, 5.41) is 3.49. The molecule has 0 unspecified atom stereocenters. The van der Waals surface area contributed by atoms with E-state index >= 15 is 0 Å². The van der Waals surface area contributed by atoms with Crippen LogP contribution < -0.4 is 5.32 Å². The van der Waals surface area contributed by atoms with E-state index < -0.39 is 0 Å². The van der Waals surface area contributed by atoms with Gasteiger partial charge in [0.15, 0.2) is 4.47 Å². The molecule has 112 valence electrons. The van der Waals surface area contributed by atoms with Crippen LogP contribution in [0.5, 0.6) is 0 Å². The summed E-state index contributed by atoms with van der Waals surface area (Å²) >= 11 is 7.39. The molecular formula is C18H17ClN2S. The Morgan fingerprint density at radius 1 is 1.09 bits per heavy atom. The van der Waals surface area contributed by atoms with E-state index in [9.17, 15) is 0 Å². The average molecular weight is 329 g/mol. The van der Waals surface area contributed by atoms with E-state index in [2.05, 4.69) is 60.5 Å². The van der Waals surface area contributed by atoms with Gasteiger partial charge in [0, 0.05) is 22.3 Å². The minimum absolute atomic E-state index is 0.583. The number of hydrogen-bond acceptors (Lipinski definition) is 3. The van der Waals surface area contributed by atoms with Crippen molar-refractivity contribution < 1.29 is 0 Å². The molecule has 0 bridgehead atoms. The lowest BCUT2D eigenvalue weighted by Crippen LogP contribution is -1.99. The smallest absolute Gasteiger partial charge is 0.183 e. The maximum Gasteiger partial charge on any atom is 0.183 e. The highest BCUT2D eigenvalue weighted by molar-refractivity contribution is 7.15. The van der Waals surface area contributed by atoms with E-state index in [1.807, 2.05) is 12.3 Å². The third kappa shape index (κ3) is 3.32. The van der Waals surface area contributed by atoms with Crippen molar-refractivity contribution in [1.29, 1.82) is 0 Å². The first kappa shape index (κ1) is 15.1. The van der Waals surface area contributed by atoms with Crippen LogP contribution in [-0.4, -0.2) is 4.98 Å². The average Bonchev–Trinajstić information content (AvgIpc) is 2.94. The molecule has 0 saturated heterocycles. The van der Waals surface area contributed by atoms with Gasteiger partial charge in [0.1, 0.15) is 0 Å². The molecule has 0 amide bonds. The number of aromatic nitrogens is 1. The van der Waals surface area contributed by atoms with Gasteiger partial charge in [0.2, 0.25) is 0 Å². The minimum Gasteiger partial charge on any atom is -0.380 e. The van der Waals surface area contributed by atoms with Gasteiger partial charge in [-0.25, -0.2) is 4.98 Å². The Morgan fingerprint density at radius 2 is 1.91 bits per heavy atom. The largest absolute Gasteiger partial charge is 0.380 e. The number of anilines is 1. The predicted molar refractivity (Wildman–Crippen MR) is 95.8 cm³/mol. The van der Waals surface area contributed by atoms with Gasteiger partial charge in [-0.2, -0.15) is 0 Å². The summed E-state index contributed by atoms with van der Waals surface area (Å²) in [5.41, 5.74) is 6.18. The summed E-state index contributed by atoms with van der Waals surface area (Å²) in [4.78, 5) is 5.20. The maximum absolute atomic E-state index is 5.88. The van der Waals surface area contributed by atoms with Crippen molar-refractivity contribution in [1.82, 2.24) is 4.98 Å². The Kier molecular flexibility index (Phi) is 4.46. The topological polar surface area (TPSA) is 24.9 Å². The molecule has 2 aromatic carbocycles. The summed E-state index contributed by atoms with van der Waals surface area (Å²) in [7, 11) is 0. The number of hydrogen-bond donors (Lipinski definition) is 1. The highest BCUT2D eigenvalue weighted by Gasteiger charge is 2.06. The first-order chi connectivity index (χ1) is 10.6. The second-order valence-electron chi connectivity index (χ2n) is 5.28. The second kappa shape index (κ2) is 6.51. The van der Waals surface area contributed by atoms with E-state index in [0.717, 1.165) is 17.1 Å². The van der Waals surface area contributed by atoms with Crippen molar-refractivity contribution in [2.24, 2.45) is 0 Å². The van der Waals surface area contributed by atoms with Crippen LogP contribution in [0.4, 0.5) is 5.69 Å². The minimum atomic E-state index is 0.583. The second-order valence-corrected chi connectivity index (χ2v) is 6.98. The van der Waals surface area contributed by atoms with Crippen LogP contribution in [0.1, 0.15) is 16.0 Å². The number of nitrogens with zero attached hydrogens (tertiary/aromatic N) is 1. The van der Waals surface area contributed by atoms with Crippen LogP contribution in [0, 0.1) is 13.8 Å². The molecule has 3 rings (SSSR count). The lowest BCUT2D eigenvalue weighted by atomic mass is 9.99. The maximum atomic E-state index is 5.88. The number of halogens is 1. The van der Waals surface area contributed by atoms with E-state index in [1.54, 1.807) is 0 Å². The Bertz CT molecular complexity index is 795. The molecule has 0 aliphatic carbocycles. The molecule has 1 aromatic heterocycles. The van der Waals surface area contributed by atoms with Gasteiger partial charge in [-0.05, 0) is 36.6 Å². The molecule has 0 atom stereocenters. The van der Waals surface area contributed by atoms with E-state index in [-0.39, 0.29) is 0 Å². The molecule has 3 aromatic rings. The van der Waals surface area contributed by atoms with Crippen LogP contribution in [0.3, 0.4) is 0 Å². The SMILES string of the molecule is Cc1ccc(-c2ccccc2NCc2cnc(Cl)s2)cc1C. The zero-order chi connectivity index (χ0) is 15.5. The molecule has 22 heavy (non-hydrogen) atoms. The van der Waals surface area contributed by atoms with Crippen molar-refractivity contribution in [2.75, 3.05) is 5.32 Å². The molecule has 1 heterocycles. The van der Waals surface area contributed by atoms with Crippen LogP contribution >= 0.6 is 22.9 Å². The van der Waals surface area contributed by atoms with Crippen molar-refractivity contribution in [3.63, 3.8) is 0 Å². The fraction of sp³-hybridized carbons (Fsp3) is 0.167. The van der Waals surface area contributed by atoms with Crippen LogP contribution in [0.2, 0.25) is 4.47 Å². The van der Waals surface area contributed by atoms with Crippen LogP contribution in [0.25, 0.3) is 11.1 Å². The van der Waals surface area contributed by atoms with Crippen LogP contribution in [-0.2, 0) is 6.54 Å². The summed E-state index contributed by atoms with van der Waals surface area (Å²) in [6.45, 7) is 5.01. The lowest BCUT2D eigenvalue weighted by Gasteiger charge is -2.12. The molecule has 1 N–H and O–H groups in total. The van der Waals surface area contributed by atoms with Gasteiger partial charge in [-0.3, -0.25) is 0 Å². The van der Waals surface area contributed by atoms with Gasteiger partial charge in [0.05, 0.1) is 6.54 Å². The van der Waals surface area contributed by atoms with Gasteiger partial charge in [-0.15, -0.1) is 11.3 Å². The summed E-state index contributed by atoms with van der Waals surface area (Å²) in [6.07, 6.45) is 1.82. The van der Waals surface area contributed by atoms with Crippen LogP contribution in [0.15, 0.2) is 48.7 Å². The Morgan fingerprint density at radius 3 is 2.64 bits per heavy atom. The van der Waals surface area contributed by atoms with E-state index in [0.29, 0.717) is 4.47 Å². The predicted octanol–water partition coefficient (Wildman–Crippen LogP) is 5.69. The van der Waals surface area contributed by atoms with E-state index in [4.69, 9.17) is 11.6 Å². The standard InChI is InChI=1S/C18H17ClN2S/c1-12-7-8-14(9-13(12)2)16-5-3-4-6-17(16)20-10-15-11-21-18(19)22-15/h3-9,11,20H,10H2,1-2H3. The van der Waals surface area contributed by atoms with E-state index in [1.165, 1.54) is 33.6 Å². The Hall–Kier alpha value is -1.84. The number of thiazole rings is 1. The first-order valence-electron chi connectivity index (χ1n) is 7.14. The molecule has 4 heteroatoms. The van der Waals surface area contributed by atoms with Gasteiger partial charge < -0.3 is 5.32 Å². The fourth-order valence-corrected chi connectivity index (χ4v) is 3.26. The molecule has 0 aliphatic heterocycles. The van der Waals surface area contributed by atoms with Gasteiger partial charge in [0.25, 0.3) is 0 Å². The zero-order valence-electron chi connectivity index (χ0n) is 12.6. The highest BCUT2D eigenvalue weighted by atomic mass is 35.5. The molecule has 0 saturated carbocycles. The quantitative estimate of drug-likeness (QED) is 0.665. The number of benzene rings is 2. The molecule has 2 nitrogen and oxygen atoms in total. The number of rotatable bonds is 4. The van der Waals surface area contributed by atoms with Crippen molar-refractivity contribution in [3.8, 4) is 11.1 Å². The Balaban J connectivity index is 1.87. The molecular weight excluding hydrogens is 312 g/mol. The molecule has 0 radical (unpaired) electrons. The van der Waals surface area contributed by atoms with Gasteiger partial charge >= 0.3 is 0 Å². The summed E-state index contributed by atoms with van der Waals surface area (Å²) < 4.78 is 0.583. The zero-order valence-corrected chi connectivity index (χ0v) is 14.1.